The number of alkyl halides is 3. The molecular weight excluding hydrogens is 307 g/mol. The van der Waals surface area contributed by atoms with E-state index in [2.05, 4.69) is 9.88 Å². The van der Waals surface area contributed by atoms with Crippen LogP contribution >= 0.6 is 0 Å². The lowest BCUT2D eigenvalue weighted by Gasteiger charge is -2.34. The first-order chi connectivity index (χ1) is 10.9. The highest BCUT2D eigenvalue weighted by Crippen LogP contribution is 2.23. The first-order valence-corrected chi connectivity index (χ1v) is 7.87. The van der Waals surface area contributed by atoms with Gasteiger partial charge in [0.25, 0.3) is 0 Å². The molecule has 2 rings (SSSR count). The molecule has 1 aliphatic heterocycles. The van der Waals surface area contributed by atoms with Gasteiger partial charge in [-0.05, 0) is 38.4 Å². The maximum atomic E-state index is 12.6. The van der Waals surface area contributed by atoms with Crippen molar-refractivity contribution in [3.05, 3.63) is 30.1 Å². The van der Waals surface area contributed by atoms with Crippen molar-refractivity contribution >= 4 is 5.91 Å². The highest BCUT2D eigenvalue weighted by atomic mass is 19.4. The zero-order valence-electron chi connectivity index (χ0n) is 13.2. The minimum Gasteiger partial charge on any atom is -0.334 e. The van der Waals surface area contributed by atoms with Gasteiger partial charge in [-0.3, -0.25) is 14.7 Å². The smallest absolute Gasteiger partial charge is 0.334 e. The van der Waals surface area contributed by atoms with Gasteiger partial charge in [0.15, 0.2) is 0 Å². The van der Waals surface area contributed by atoms with Crippen molar-refractivity contribution < 1.29 is 18.0 Å². The van der Waals surface area contributed by atoms with Crippen LogP contribution in [-0.2, 0) is 11.3 Å². The lowest BCUT2D eigenvalue weighted by atomic mass is 9.96. The molecule has 2 heterocycles. The Labute approximate surface area is 134 Å². The van der Waals surface area contributed by atoms with Crippen LogP contribution in [0.2, 0.25) is 0 Å². The minimum absolute atomic E-state index is 0.0785. The molecule has 1 saturated heterocycles. The topological polar surface area (TPSA) is 36.4 Å². The third-order valence-corrected chi connectivity index (χ3v) is 4.03. The molecule has 23 heavy (non-hydrogen) atoms. The summed E-state index contributed by atoms with van der Waals surface area (Å²) >= 11 is 0. The summed E-state index contributed by atoms with van der Waals surface area (Å²) in [6.45, 7) is 2.44. The average molecular weight is 329 g/mol. The molecule has 7 heteroatoms. The highest BCUT2D eigenvalue weighted by molar-refractivity contribution is 5.79. The number of carbonyl (C=O) groups is 1. The van der Waals surface area contributed by atoms with Crippen molar-refractivity contribution in [2.75, 3.05) is 26.2 Å². The van der Waals surface area contributed by atoms with E-state index in [4.69, 9.17) is 0 Å². The number of hydrogen-bond donors (Lipinski definition) is 0. The maximum absolute atomic E-state index is 12.6. The predicted octanol–water partition coefficient (Wildman–Crippen LogP) is 2.70. The first kappa shape index (κ1) is 17.7. The van der Waals surface area contributed by atoms with E-state index in [9.17, 15) is 18.0 Å². The van der Waals surface area contributed by atoms with E-state index in [0.717, 1.165) is 23.6 Å². The summed E-state index contributed by atoms with van der Waals surface area (Å²) in [5, 5.41) is 0. The number of halogens is 3. The van der Waals surface area contributed by atoms with E-state index < -0.39 is 18.6 Å². The second kappa shape index (κ2) is 7.77. The maximum Gasteiger partial charge on any atom is 0.406 e. The van der Waals surface area contributed by atoms with Gasteiger partial charge in [0.2, 0.25) is 5.91 Å². The molecule has 0 radical (unpaired) electrons. The Kier molecular flexibility index (Phi) is 5.98. The van der Waals surface area contributed by atoms with Crippen LogP contribution in [0.1, 0.15) is 25.5 Å². The van der Waals surface area contributed by atoms with Gasteiger partial charge in [0.05, 0.1) is 11.6 Å². The lowest BCUT2D eigenvalue weighted by molar-refractivity contribution is -0.164. The summed E-state index contributed by atoms with van der Waals surface area (Å²) in [6.07, 6.45) is -1.18. The van der Waals surface area contributed by atoms with Crippen LogP contribution < -0.4 is 0 Å². The van der Waals surface area contributed by atoms with Gasteiger partial charge in [-0.2, -0.15) is 13.2 Å². The van der Waals surface area contributed by atoms with Crippen LogP contribution in [0, 0.1) is 5.92 Å². The molecule has 1 aliphatic rings. The van der Waals surface area contributed by atoms with Crippen molar-refractivity contribution in [3.8, 4) is 0 Å². The largest absolute Gasteiger partial charge is 0.406 e. The molecule has 4 nitrogen and oxygen atoms in total. The van der Waals surface area contributed by atoms with Gasteiger partial charge in [-0.15, -0.1) is 0 Å². The molecule has 0 bridgehead atoms. The molecule has 128 valence electrons. The van der Waals surface area contributed by atoms with Crippen LogP contribution in [0.5, 0.6) is 0 Å². The fraction of sp³-hybridized carbons (Fsp3) is 0.625. The first-order valence-electron chi connectivity index (χ1n) is 7.87. The average Bonchev–Trinajstić information content (AvgIpc) is 2.52. The van der Waals surface area contributed by atoms with E-state index in [1.807, 2.05) is 18.2 Å². The Morgan fingerprint density at radius 1 is 1.43 bits per heavy atom. The zero-order chi connectivity index (χ0) is 16.9. The summed E-state index contributed by atoms with van der Waals surface area (Å²) in [5.74, 6) is -0.759. The fourth-order valence-electron chi connectivity index (χ4n) is 2.94. The standard InChI is InChI=1S/C16H22F3N3O/c1-2-22(12-16(17,18)19)15(23)13-6-5-9-21(10-13)11-14-7-3-4-8-20-14/h3-4,7-8,13H,2,5-6,9-12H2,1H3/t13-/m0/s1. The van der Waals surface area contributed by atoms with Gasteiger partial charge in [-0.1, -0.05) is 6.07 Å². The third-order valence-electron chi connectivity index (χ3n) is 4.03. The SMILES string of the molecule is CCN(CC(F)(F)F)C(=O)[C@H]1CCCN(Cc2ccccn2)C1. The second-order valence-corrected chi connectivity index (χ2v) is 5.86. The summed E-state index contributed by atoms with van der Waals surface area (Å²) in [5.41, 5.74) is 0.906. The van der Waals surface area contributed by atoms with Gasteiger partial charge < -0.3 is 4.90 Å². The summed E-state index contributed by atoms with van der Waals surface area (Å²) in [6, 6.07) is 5.65. The molecule has 1 aromatic rings. The van der Waals surface area contributed by atoms with E-state index in [-0.39, 0.29) is 12.5 Å². The van der Waals surface area contributed by atoms with E-state index >= 15 is 0 Å². The van der Waals surface area contributed by atoms with Crippen LogP contribution in [-0.4, -0.2) is 53.0 Å². The predicted molar refractivity (Wildman–Crippen MR) is 80.5 cm³/mol. The number of nitrogens with zero attached hydrogens (tertiary/aromatic N) is 3. The van der Waals surface area contributed by atoms with Crippen LogP contribution in [0.3, 0.4) is 0 Å². The van der Waals surface area contributed by atoms with Gasteiger partial charge in [0, 0.05) is 25.8 Å². The summed E-state index contributed by atoms with van der Waals surface area (Å²) in [4.78, 5) is 19.7. The van der Waals surface area contributed by atoms with Gasteiger partial charge >= 0.3 is 6.18 Å². The molecule has 1 aromatic heterocycles. The highest BCUT2D eigenvalue weighted by Gasteiger charge is 2.36. The van der Waals surface area contributed by atoms with Crippen LogP contribution in [0.15, 0.2) is 24.4 Å². The number of piperidine rings is 1. The molecule has 0 unspecified atom stereocenters. The van der Waals surface area contributed by atoms with Crippen molar-refractivity contribution in [3.63, 3.8) is 0 Å². The number of pyridine rings is 1. The molecule has 1 fully saturated rings. The third kappa shape index (κ3) is 5.49. The van der Waals surface area contributed by atoms with Crippen molar-refractivity contribution in [2.45, 2.75) is 32.5 Å². The normalized spacial score (nSPS) is 19.6. The molecule has 0 spiro atoms. The van der Waals surface area contributed by atoms with Crippen molar-refractivity contribution in [2.24, 2.45) is 5.92 Å². The fourth-order valence-corrected chi connectivity index (χ4v) is 2.94. The molecule has 1 atom stereocenters. The number of hydrogen-bond acceptors (Lipinski definition) is 3. The molecular formula is C16H22F3N3O. The minimum atomic E-state index is -4.35. The monoisotopic (exact) mass is 329 g/mol. The van der Waals surface area contributed by atoms with Gasteiger partial charge in [-0.25, -0.2) is 0 Å². The van der Waals surface area contributed by atoms with E-state index in [1.165, 1.54) is 0 Å². The molecule has 0 aromatic carbocycles. The second-order valence-electron chi connectivity index (χ2n) is 5.86. The van der Waals surface area contributed by atoms with Crippen molar-refractivity contribution in [1.82, 2.24) is 14.8 Å². The number of carbonyl (C=O) groups excluding carboxylic acids is 1. The number of likely N-dealkylation sites (tertiary alicyclic amines) is 1. The van der Waals surface area contributed by atoms with Crippen molar-refractivity contribution in [1.29, 1.82) is 0 Å². The Morgan fingerprint density at radius 2 is 2.22 bits per heavy atom. The molecule has 0 N–H and O–H groups in total. The molecule has 0 saturated carbocycles. The number of aromatic nitrogens is 1. The molecule has 1 amide bonds. The Bertz CT molecular complexity index is 507. The van der Waals surface area contributed by atoms with Crippen LogP contribution in [0.25, 0.3) is 0 Å². The Hall–Kier alpha value is -1.63. The Morgan fingerprint density at radius 3 is 2.83 bits per heavy atom. The van der Waals surface area contributed by atoms with E-state index in [1.54, 1.807) is 13.1 Å². The lowest BCUT2D eigenvalue weighted by Crippen LogP contribution is -2.47. The number of amides is 1. The quantitative estimate of drug-likeness (QED) is 0.833. The Balaban J connectivity index is 1.95. The van der Waals surface area contributed by atoms with Gasteiger partial charge in [0.1, 0.15) is 6.54 Å². The summed E-state index contributed by atoms with van der Waals surface area (Å²) < 4.78 is 37.7. The number of rotatable bonds is 5. The molecule has 0 aliphatic carbocycles. The zero-order valence-corrected chi connectivity index (χ0v) is 13.2. The van der Waals surface area contributed by atoms with E-state index in [0.29, 0.717) is 19.5 Å². The van der Waals surface area contributed by atoms with Crippen LogP contribution in [0.4, 0.5) is 13.2 Å². The summed E-state index contributed by atoms with van der Waals surface area (Å²) in [7, 11) is 0.